The van der Waals surface area contributed by atoms with Gasteiger partial charge in [0.2, 0.25) is 0 Å². The highest BCUT2D eigenvalue weighted by molar-refractivity contribution is 8.18. The summed E-state index contributed by atoms with van der Waals surface area (Å²) < 4.78 is 0. The number of hydrogen-bond donors (Lipinski definition) is 0. The SMILES string of the molecule is O=C1N=C(N2CCN(c3ncccc3Cl)CC2)S/C1=C/c1ccccc1. The molecule has 1 aromatic carbocycles. The van der Waals surface area contributed by atoms with E-state index in [1.165, 1.54) is 11.8 Å². The summed E-state index contributed by atoms with van der Waals surface area (Å²) in [5.74, 6) is 0.652. The Morgan fingerprint density at radius 1 is 1.00 bits per heavy atom. The Labute approximate surface area is 161 Å². The molecule has 1 amide bonds. The second-order valence-corrected chi connectivity index (χ2v) is 7.42. The highest BCUT2D eigenvalue weighted by atomic mass is 35.5. The Kier molecular flexibility index (Phi) is 4.95. The molecule has 7 heteroatoms. The first-order chi connectivity index (χ1) is 12.7. The maximum atomic E-state index is 12.2. The molecule has 5 nitrogen and oxygen atoms in total. The Morgan fingerprint density at radius 2 is 1.73 bits per heavy atom. The molecule has 3 heterocycles. The number of halogens is 1. The second-order valence-electron chi connectivity index (χ2n) is 6.00. The second kappa shape index (κ2) is 7.51. The molecule has 0 atom stereocenters. The van der Waals surface area contributed by atoms with Gasteiger partial charge in [-0.25, -0.2) is 4.98 Å². The third kappa shape index (κ3) is 3.61. The van der Waals surface area contributed by atoms with Gasteiger partial charge in [0.25, 0.3) is 5.91 Å². The number of thioether (sulfide) groups is 1. The number of amides is 1. The van der Waals surface area contributed by atoms with Crippen molar-refractivity contribution in [3.63, 3.8) is 0 Å². The van der Waals surface area contributed by atoms with Crippen LogP contribution >= 0.6 is 23.4 Å². The molecule has 2 aromatic rings. The minimum atomic E-state index is -0.163. The molecule has 0 N–H and O–H groups in total. The molecule has 4 rings (SSSR count). The highest BCUT2D eigenvalue weighted by Crippen LogP contribution is 2.31. The average molecular weight is 385 g/mol. The number of aromatic nitrogens is 1. The van der Waals surface area contributed by atoms with Crippen molar-refractivity contribution in [3.05, 3.63) is 64.2 Å². The number of rotatable bonds is 2. The molecule has 0 radical (unpaired) electrons. The van der Waals surface area contributed by atoms with E-state index in [2.05, 4.69) is 19.8 Å². The highest BCUT2D eigenvalue weighted by Gasteiger charge is 2.29. The summed E-state index contributed by atoms with van der Waals surface area (Å²) in [6.45, 7) is 3.15. The van der Waals surface area contributed by atoms with E-state index in [0.717, 1.165) is 42.7 Å². The van der Waals surface area contributed by atoms with E-state index >= 15 is 0 Å². The number of aliphatic imine (C=N–C) groups is 1. The molecule has 0 bridgehead atoms. The predicted molar refractivity (Wildman–Crippen MR) is 107 cm³/mol. The van der Waals surface area contributed by atoms with Gasteiger partial charge in [-0.1, -0.05) is 41.9 Å². The van der Waals surface area contributed by atoms with Gasteiger partial charge in [-0.3, -0.25) is 4.79 Å². The summed E-state index contributed by atoms with van der Waals surface area (Å²) in [7, 11) is 0. The number of amidine groups is 1. The van der Waals surface area contributed by atoms with E-state index in [1.54, 1.807) is 6.20 Å². The lowest BCUT2D eigenvalue weighted by atomic mass is 10.2. The lowest BCUT2D eigenvalue weighted by Crippen LogP contribution is -2.48. The van der Waals surface area contributed by atoms with Gasteiger partial charge in [-0.15, -0.1) is 0 Å². The van der Waals surface area contributed by atoms with Gasteiger partial charge in [0.15, 0.2) is 5.17 Å². The van der Waals surface area contributed by atoms with Crippen molar-refractivity contribution >= 4 is 46.3 Å². The smallest absolute Gasteiger partial charge is 0.286 e. The van der Waals surface area contributed by atoms with Gasteiger partial charge in [0, 0.05) is 32.4 Å². The first-order valence-corrected chi connectivity index (χ1v) is 9.58. The van der Waals surface area contributed by atoms with Crippen LogP contribution in [0.4, 0.5) is 5.82 Å². The van der Waals surface area contributed by atoms with Crippen molar-refractivity contribution in [2.45, 2.75) is 0 Å². The summed E-state index contributed by atoms with van der Waals surface area (Å²) in [5, 5.41) is 1.45. The fourth-order valence-corrected chi connectivity index (χ4v) is 4.16. The number of hydrogen-bond acceptors (Lipinski definition) is 5. The zero-order valence-corrected chi connectivity index (χ0v) is 15.6. The van der Waals surface area contributed by atoms with E-state index in [-0.39, 0.29) is 5.91 Å². The third-order valence-corrected chi connectivity index (χ3v) is 5.63. The standard InChI is InChI=1S/C19H17ClN4OS/c20-15-7-4-8-21-17(15)23-9-11-24(12-10-23)19-22-18(25)16(26-19)13-14-5-2-1-3-6-14/h1-8,13H,9-12H2/b16-13+. The molecule has 1 fully saturated rings. The lowest BCUT2D eigenvalue weighted by Gasteiger charge is -2.36. The Balaban J connectivity index is 1.41. The molecule has 26 heavy (non-hydrogen) atoms. The molecule has 2 aliphatic rings. The van der Waals surface area contributed by atoms with Gasteiger partial charge in [0.05, 0.1) is 9.93 Å². The number of anilines is 1. The van der Waals surface area contributed by atoms with Crippen molar-refractivity contribution in [1.29, 1.82) is 0 Å². The largest absolute Gasteiger partial charge is 0.352 e. The number of benzene rings is 1. The van der Waals surface area contributed by atoms with Gasteiger partial charge >= 0.3 is 0 Å². The number of piperazine rings is 1. The van der Waals surface area contributed by atoms with Crippen molar-refractivity contribution in [2.24, 2.45) is 4.99 Å². The van der Waals surface area contributed by atoms with Crippen LogP contribution in [0.25, 0.3) is 6.08 Å². The molecule has 0 unspecified atom stereocenters. The van der Waals surface area contributed by atoms with Crippen molar-refractivity contribution in [3.8, 4) is 0 Å². The molecule has 0 spiro atoms. The molecule has 1 saturated heterocycles. The van der Waals surface area contributed by atoms with Crippen molar-refractivity contribution < 1.29 is 4.79 Å². The van der Waals surface area contributed by atoms with Gasteiger partial charge in [-0.2, -0.15) is 4.99 Å². The van der Waals surface area contributed by atoms with E-state index in [0.29, 0.717) is 9.93 Å². The number of carbonyl (C=O) groups excluding carboxylic acids is 1. The van der Waals surface area contributed by atoms with E-state index < -0.39 is 0 Å². The van der Waals surface area contributed by atoms with Crippen LogP contribution in [0.5, 0.6) is 0 Å². The van der Waals surface area contributed by atoms with Gasteiger partial charge in [0.1, 0.15) is 5.82 Å². The lowest BCUT2D eigenvalue weighted by molar-refractivity contribution is -0.113. The third-order valence-electron chi connectivity index (χ3n) is 4.30. The molecule has 0 aliphatic carbocycles. The zero-order valence-electron chi connectivity index (χ0n) is 14.0. The van der Waals surface area contributed by atoms with E-state index in [4.69, 9.17) is 11.6 Å². The molecular weight excluding hydrogens is 368 g/mol. The Hall–Kier alpha value is -2.31. The topological polar surface area (TPSA) is 48.8 Å². The van der Waals surface area contributed by atoms with Crippen LogP contribution in [0.3, 0.4) is 0 Å². The monoisotopic (exact) mass is 384 g/mol. The maximum absolute atomic E-state index is 12.2. The summed E-state index contributed by atoms with van der Waals surface area (Å²) in [5.41, 5.74) is 1.01. The maximum Gasteiger partial charge on any atom is 0.286 e. The van der Waals surface area contributed by atoms with Crippen LogP contribution in [0.15, 0.2) is 58.6 Å². The van der Waals surface area contributed by atoms with Crippen LogP contribution < -0.4 is 4.90 Å². The molecular formula is C19H17ClN4OS. The van der Waals surface area contributed by atoms with E-state index in [9.17, 15) is 4.79 Å². The van der Waals surface area contributed by atoms with Gasteiger partial charge < -0.3 is 9.80 Å². The first-order valence-electron chi connectivity index (χ1n) is 8.39. The summed E-state index contributed by atoms with van der Waals surface area (Å²) in [6.07, 6.45) is 3.65. The minimum absolute atomic E-state index is 0.163. The first kappa shape index (κ1) is 17.1. The summed E-state index contributed by atoms with van der Waals surface area (Å²) >= 11 is 7.69. The van der Waals surface area contributed by atoms with Crippen LogP contribution in [-0.4, -0.2) is 47.1 Å². The summed E-state index contributed by atoms with van der Waals surface area (Å²) in [6, 6.07) is 13.5. The van der Waals surface area contributed by atoms with Crippen LogP contribution in [0, 0.1) is 0 Å². The quantitative estimate of drug-likeness (QED) is 0.741. The number of nitrogens with zero attached hydrogens (tertiary/aromatic N) is 4. The van der Waals surface area contributed by atoms with Crippen LogP contribution in [0.2, 0.25) is 5.02 Å². The Morgan fingerprint density at radius 3 is 2.46 bits per heavy atom. The number of pyridine rings is 1. The number of carbonyl (C=O) groups is 1. The minimum Gasteiger partial charge on any atom is -0.352 e. The zero-order chi connectivity index (χ0) is 17.9. The fraction of sp³-hybridized carbons (Fsp3) is 0.211. The van der Waals surface area contributed by atoms with Crippen LogP contribution in [-0.2, 0) is 4.79 Å². The van der Waals surface area contributed by atoms with Crippen molar-refractivity contribution in [1.82, 2.24) is 9.88 Å². The van der Waals surface area contributed by atoms with E-state index in [1.807, 2.05) is 48.5 Å². The molecule has 1 aromatic heterocycles. The fourth-order valence-electron chi connectivity index (χ4n) is 2.95. The van der Waals surface area contributed by atoms with Crippen molar-refractivity contribution in [2.75, 3.05) is 31.1 Å². The molecule has 132 valence electrons. The van der Waals surface area contributed by atoms with Crippen LogP contribution in [0.1, 0.15) is 5.56 Å². The van der Waals surface area contributed by atoms with Gasteiger partial charge in [-0.05, 0) is 35.5 Å². The normalized spacial score (nSPS) is 19.2. The Bertz CT molecular complexity index is 876. The summed E-state index contributed by atoms with van der Waals surface area (Å²) in [4.78, 5) is 25.8. The molecule has 0 saturated carbocycles. The predicted octanol–water partition coefficient (Wildman–Crippen LogP) is 3.53. The molecule has 2 aliphatic heterocycles. The average Bonchev–Trinajstić information content (AvgIpc) is 3.04.